The number of anilines is 2. The molecule has 2 rings (SSSR count). The summed E-state index contributed by atoms with van der Waals surface area (Å²) >= 11 is 0.505. The summed E-state index contributed by atoms with van der Waals surface area (Å²) in [6, 6.07) is 17.6. The van der Waals surface area contributed by atoms with Crippen molar-refractivity contribution in [3.8, 4) is 0 Å². The minimum atomic E-state index is 0.505. The van der Waals surface area contributed by atoms with Crippen LogP contribution < -0.4 is 17.9 Å². The van der Waals surface area contributed by atoms with Crippen molar-refractivity contribution in [2.75, 3.05) is 38.0 Å². The molecular formula is C16H20N2Pd. The van der Waals surface area contributed by atoms with Crippen molar-refractivity contribution >= 4 is 19.4 Å². The van der Waals surface area contributed by atoms with Gasteiger partial charge in [-0.25, -0.2) is 0 Å². The number of hydrogen-bond acceptors (Lipinski definition) is 2. The van der Waals surface area contributed by atoms with E-state index in [-0.39, 0.29) is 0 Å². The first-order valence-corrected chi connectivity index (χ1v) is 7.75. The molecule has 19 heavy (non-hydrogen) atoms. The second-order valence-electron chi connectivity index (χ2n) is 4.75. The van der Waals surface area contributed by atoms with Gasteiger partial charge in [-0.3, -0.25) is 0 Å². The molecule has 0 aliphatic heterocycles. The first-order chi connectivity index (χ1) is 9.06. The Morgan fingerprint density at radius 2 is 0.895 bits per heavy atom. The monoisotopic (exact) mass is 346 g/mol. The summed E-state index contributed by atoms with van der Waals surface area (Å²) in [5.74, 6) is 0. The van der Waals surface area contributed by atoms with Crippen molar-refractivity contribution in [1.82, 2.24) is 0 Å². The fourth-order valence-corrected chi connectivity index (χ4v) is 3.22. The summed E-state index contributed by atoms with van der Waals surface area (Å²) in [5.41, 5.74) is 2.50. The van der Waals surface area contributed by atoms with E-state index < -0.39 is 0 Å². The average molecular weight is 347 g/mol. The third-order valence-corrected chi connectivity index (χ3v) is 4.76. The molecule has 2 aromatic carbocycles. The zero-order chi connectivity index (χ0) is 13.8. The predicted molar refractivity (Wildman–Crippen MR) is 80.8 cm³/mol. The Morgan fingerprint density at radius 1 is 0.579 bits per heavy atom. The van der Waals surface area contributed by atoms with E-state index in [4.69, 9.17) is 0 Å². The molecule has 2 nitrogen and oxygen atoms in total. The van der Waals surface area contributed by atoms with Crippen LogP contribution in [0.1, 0.15) is 0 Å². The SMILES string of the molecule is CN(C)c1cc[c]([Pd][c]2ccc(N(C)C)cc2)cc1. The predicted octanol–water partition coefficient (Wildman–Crippen LogP) is 1.85. The van der Waals surface area contributed by atoms with E-state index in [1.165, 1.54) is 19.4 Å². The Balaban J connectivity index is 2.08. The van der Waals surface area contributed by atoms with Gasteiger partial charge in [0.15, 0.2) is 0 Å². The fraction of sp³-hybridized carbons (Fsp3) is 0.250. The van der Waals surface area contributed by atoms with E-state index >= 15 is 0 Å². The van der Waals surface area contributed by atoms with Gasteiger partial charge in [0.25, 0.3) is 0 Å². The van der Waals surface area contributed by atoms with E-state index in [1.807, 2.05) is 0 Å². The van der Waals surface area contributed by atoms with Crippen LogP contribution in [0.25, 0.3) is 0 Å². The van der Waals surface area contributed by atoms with E-state index in [9.17, 15) is 0 Å². The Hall–Kier alpha value is -1.30. The van der Waals surface area contributed by atoms with Crippen LogP contribution in [0.2, 0.25) is 0 Å². The fourth-order valence-electron chi connectivity index (χ4n) is 1.67. The van der Waals surface area contributed by atoms with Crippen molar-refractivity contribution in [2.24, 2.45) is 0 Å². The zero-order valence-electron chi connectivity index (χ0n) is 11.8. The summed E-state index contributed by atoms with van der Waals surface area (Å²) in [4.78, 5) is 4.25. The first kappa shape index (κ1) is 14.1. The van der Waals surface area contributed by atoms with Gasteiger partial charge in [-0.15, -0.1) is 0 Å². The number of benzene rings is 2. The molecule has 3 heteroatoms. The van der Waals surface area contributed by atoms with E-state index in [0.29, 0.717) is 18.0 Å². The molecule has 0 saturated heterocycles. The second kappa shape index (κ2) is 6.23. The van der Waals surface area contributed by atoms with Gasteiger partial charge in [0.1, 0.15) is 0 Å². The Labute approximate surface area is 124 Å². The van der Waals surface area contributed by atoms with Gasteiger partial charge >= 0.3 is 124 Å². The standard InChI is InChI=1S/2C8H10N.Pd/c2*1-9(2)8-6-4-3-5-7-8;/h2*4-7H,1-2H3;. The number of rotatable bonds is 4. The molecule has 0 radical (unpaired) electrons. The van der Waals surface area contributed by atoms with Crippen molar-refractivity contribution in [1.29, 1.82) is 0 Å². The molecule has 0 fully saturated rings. The molecule has 0 bridgehead atoms. The van der Waals surface area contributed by atoms with E-state index in [2.05, 4.69) is 86.5 Å². The summed E-state index contributed by atoms with van der Waals surface area (Å²) in [5, 5.41) is 0. The molecule has 0 amide bonds. The van der Waals surface area contributed by atoms with Gasteiger partial charge in [-0.05, 0) is 0 Å². The maximum atomic E-state index is 2.23. The molecule has 0 aromatic heterocycles. The van der Waals surface area contributed by atoms with Gasteiger partial charge < -0.3 is 0 Å². The minimum absolute atomic E-state index is 0.505. The summed E-state index contributed by atoms with van der Waals surface area (Å²) in [6.07, 6.45) is 0. The molecule has 104 valence electrons. The topological polar surface area (TPSA) is 6.48 Å². The molecule has 0 aliphatic carbocycles. The van der Waals surface area contributed by atoms with Gasteiger partial charge in [-0.1, -0.05) is 0 Å². The van der Waals surface area contributed by atoms with Crippen LogP contribution in [0.3, 0.4) is 0 Å². The van der Waals surface area contributed by atoms with Crippen LogP contribution in [0.15, 0.2) is 48.5 Å². The van der Waals surface area contributed by atoms with Crippen LogP contribution in [-0.2, 0) is 18.0 Å². The molecule has 2 aromatic rings. The van der Waals surface area contributed by atoms with Crippen molar-refractivity contribution in [3.63, 3.8) is 0 Å². The van der Waals surface area contributed by atoms with Crippen LogP contribution in [0, 0.1) is 0 Å². The molecule has 0 spiro atoms. The van der Waals surface area contributed by atoms with Crippen molar-refractivity contribution in [3.05, 3.63) is 48.5 Å². The third kappa shape index (κ3) is 3.83. The van der Waals surface area contributed by atoms with Gasteiger partial charge in [0, 0.05) is 0 Å². The second-order valence-corrected chi connectivity index (χ2v) is 6.93. The molecule has 0 atom stereocenters. The first-order valence-electron chi connectivity index (χ1n) is 6.20. The zero-order valence-corrected chi connectivity index (χ0v) is 13.4. The van der Waals surface area contributed by atoms with Crippen LogP contribution in [0.5, 0.6) is 0 Å². The molecule has 0 saturated carbocycles. The summed E-state index contributed by atoms with van der Waals surface area (Å²) in [6.45, 7) is 0. The number of hydrogen-bond donors (Lipinski definition) is 0. The van der Waals surface area contributed by atoms with Crippen molar-refractivity contribution in [2.45, 2.75) is 0 Å². The van der Waals surface area contributed by atoms with Crippen molar-refractivity contribution < 1.29 is 18.0 Å². The summed E-state index contributed by atoms with van der Waals surface area (Å²) < 4.78 is 2.80. The van der Waals surface area contributed by atoms with Gasteiger partial charge in [0.05, 0.1) is 0 Å². The quantitative estimate of drug-likeness (QED) is 0.780. The molecule has 0 aliphatic rings. The van der Waals surface area contributed by atoms with Crippen LogP contribution >= 0.6 is 0 Å². The normalized spacial score (nSPS) is 10.5. The molecule has 0 unspecified atom stereocenters. The van der Waals surface area contributed by atoms with E-state index in [1.54, 1.807) is 0 Å². The molecular weight excluding hydrogens is 327 g/mol. The summed E-state index contributed by atoms with van der Waals surface area (Å²) in [7, 11) is 8.27. The average Bonchev–Trinajstić information content (AvgIpc) is 2.40. The molecule has 0 N–H and O–H groups in total. The van der Waals surface area contributed by atoms with E-state index in [0.717, 1.165) is 0 Å². The van der Waals surface area contributed by atoms with Crippen LogP contribution in [0.4, 0.5) is 11.4 Å². The van der Waals surface area contributed by atoms with Gasteiger partial charge in [0.2, 0.25) is 0 Å². The Kier molecular flexibility index (Phi) is 4.63. The molecule has 0 heterocycles. The maximum absolute atomic E-state index is 2.23. The van der Waals surface area contributed by atoms with Crippen LogP contribution in [-0.4, -0.2) is 28.2 Å². The third-order valence-electron chi connectivity index (χ3n) is 2.83. The number of nitrogens with zero attached hydrogens (tertiary/aromatic N) is 2. The Bertz CT molecular complexity index is 466. The van der Waals surface area contributed by atoms with Gasteiger partial charge in [-0.2, -0.15) is 0 Å². The Morgan fingerprint density at radius 3 is 1.16 bits per heavy atom.